The van der Waals surface area contributed by atoms with Crippen molar-refractivity contribution in [2.75, 3.05) is 26.2 Å². The number of aldehydes is 1. The van der Waals surface area contributed by atoms with Crippen molar-refractivity contribution in [1.82, 2.24) is 20.9 Å². The molecule has 0 fully saturated rings. The van der Waals surface area contributed by atoms with E-state index < -0.39 is 45.2 Å². The quantitative estimate of drug-likeness (QED) is 0.0272. The van der Waals surface area contributed by atoms with E-state index in [0.717, 1.165) is 27.8 Å². The average molecular weight is 1160 g/mol. The highest BCUT2D eigenvalue weighted by atomic mass is 28.3. The van der Waals surface area contributed by atoms with Crippen LogP contribution in [0, 0.1) is 50.5 Å². The molecule has 19 heteroatoms. The molecule has 0 radical (unpaired) electrons. The summed E-state index contributed by atoms with van der Waals surface area (Å²) in [6, 6.07) is 20.0. The number of hydrazine groups is 2. The number of hydrogen-bond donors (Lipinski definition) is 5. The Hall–Kier alpha value is -6.44. The number of rotatable bonds is 18. The number of carbonyl (C=O) groups is 5. The Kier molecular flexibility index (Phi) is 31.4. The molecule has 1 heterocycles. The molecule has 83 heavy (non-hydrogen) atoms. The fourth-order valence-electron chi connectivity index (χ4n) is 9.16. The topological polar surface area (TPSA) is 233 Å². The van der Waals surface area contributed by atoms with E-state index in [1.54, 1.807) is 51.1 Å². The molecular formula is C64H98B2N7O9Si+. The standard InChI is InChI=1S/C22H27BN2O4.C21H25BN2O5.C16H36N.C4H9NSi.CHN/c1-13-9-14(2)11-17(10-13)21(27)25(22(4,5)6)24-20(26)16-7-8-18-15(3)29-23(28)19(18)12-16;1-13-8-14(2)10-17(9-13)20(27)24(21(3,4)5)23-19(26)15-6-7-16(12-25)18(11-15)22(28)29;1-5-9-13-17(14-10-6-2,15-11-7-3)16-12-8-4;1-6(2,3)4-5;1-2/h7-12,15,28H,1-6H3,(H,24,26);6-12,28-29H,1-5H3,(H,23,26);5-16H2,1-4H3;1-3H3;1H/q;;+1;;. The van der Waals surface area contributed by atoms with Crippen LogP contribution in [0.2, 0.25) is 19.6 Å². The summed E-state index contributed by atoms with van der Waals surface area (Å²) in [5, 5.41) is 46.2. The number of benzene rings is 4. The number of quaternary nitrogens is 1. The molecule has 4 aromatic carbocycles. The SMILES string of the molecule is C#N.CCCC[N+](CCCC)(CCCC)CCCC.C[Si](C)(C)C#N.Cc1cc(C)cc(C(=O)N(NC(=O)c2ccc(C=O)c(B(O)O)c2)C(C)(C)C)c1.Cc1cc(C)cc(C(=O)N(NC(=O)c2ccc3c(c2)B(O)OC3C)C(C)(C)C)c1. The van der Waals surface area contributed by atoms with Crippen molar-refractivity contribution < 1.29 is 48.2 Å². The molecule has 16 nitrogen and oxygen atoms in total. The zero-order valence-corrected chi connectivity index (χ0v) is 54.3. The summed E-state index contributed by atoms with van der Waals surface area (Å²) < 4.78 is 6.80. The highest BCUT2D eigenvalue weighted by molar-refractivity contribution is 6.83. The number of unbranched alkanes of at least 4 members (excludes halogenated alkanes) is 4. The Labute approximate surface area is 499 Å². The molecule has 1 atom stereocenters. The lowest BCUT2D eigenvalue weighted by molar-refractivity contribution is -0.929. The van der Waals surface area contributed by atoms with Crippen LogP contribution >= 0.6 is 0 Å². The third-order valence-electron chi connectivity index (χ3n) is 13.5. The maximum atomic E-state index is 13.2. The van der Waals surface area contributed by atoms with Gasteiger partial charge in [-0.15, -0.1) is 0 Å². The van der Waals surface area contributed by atoms with Gasteiger partial charge in [0.15, 0.2) is 8.07 Å². The number of amides is 4. The second-order valence-corrected chi connectivity index (χ2v) is 29.3. The number of nitrogens with one attached hydrogen (secondary N) is 2. The van der Waals surface area contributed by atoms with Gasteiger partial charge in [0.05, 0.1) is 43.4 Å². The zero-order chi connectivity index (χ0) is 63.6. The number of aryl methyl sites for hydroxylation is 4. The monoisotopic (exact) mass is 1160 g/mol. The maximum Gasteiger partial charge on any atom is 0.491 e. The molecule has 0 saturated heterocycles. The summed E-state index contributed by atoms with van der Waals surface area (Å²) in [6.07, 6.45) is 11.3. The number of carbonyl (C=O) groups excluding carboxylic acids is 5. The Morgan fingerprint density at radius 3 is 1.33 bits per heavy atom. The van der Waals surface area contributed by atoms with Crippen LogP contribution in [0.5, 0.6) is 0 Å². The van der Waals surface area contributed by atoms with Crippen molar-refractivity contribution in [2.24, 2.45) is 0 Å². The predicted molar refractivity (Wildman–Crippen MR) is 339 cm³/mol. The summed E-state index contributed by atoms with van der Waals surface area (Å²) in [5.41, 5.74) is 12.9. The van der Waals surface area contributed by atoms with E-state index in [4.69, 9.17) is 15.2 Å². The lowest BCUT2D eigenvalue weighted by atomic mass is 9.76. The average Bonchev–Trinajstić information content (AvgIpc) is 3.90. The summed E-state index contributed by atoms with van der Waals surface area (Å²) in [7, 11) is -4.28. The van der Waals surface area contributed by atoms with Gasteiger partial charge in [-0.1, -0.05) is 120 Å². The first-order chi connectivity index (χ1) is 38.7. The first-order valence-electron chi connectivity index (χ1n) is 29.1. The number of hydrogen-bond acceptors (Lipinski definition) is 11. The number of fused-ring (bicyclic) bond motifs is 1. The van der Waals surface area contributed by atoms with Gasteiger partial charge in [-0.3, -0.25) is 34.8 Å². The third kappa shape index (κ3) is 24.7. The van der Waals surface area contributed by atoms with Crippen LogP contribution in [0.3, 0.4) is 0 Å². The molecule has 4 aromatic rings. The van der Waals surface area contributed by atoms with Gasteiger partial charge in [0.25, 0.3) is 23.6 Å². The Bertz CT molecular complexity index is 2740. The van der Waals surface area contributed by atoms with Crippen LogP contribution in [-0.2, 0) is 4.65 Å². The molecule has 0 saturated carbocycles. The van der Waals surface area contributed by atoms with E-state index in [1.807, 2.05) is 99.3 Å². The Morgan fingerprint density at radius 2 is 1.01 bits per heavy atom. The molecule has 0 spiro atoms. The van der Waals surface area contributed by atoms with Crippen molar-refractivity contribution in [2.45, 2.75) is 192 Å². The largest absolute Gasteiger partial charge is 0.491 e. The molecule has 0 bridgehead atoms. The summed E-state index contributed by atoms with van der Waals surface area (Å²) in [6.45, 7) is 45.0. The van der Waals surface area contributed by atoms with E-state index in [0.29, 0.717) is 28.4 Å². The lowest BCUT2D eigenvalue weighted by Gasteiger charge is -2.39. The van der Waals surface area contributed by atoms with Gasteiger partial charge in [-0.2, -0.15) is 0 Å². The molecule has 1 unspecified atom stereocenters. The molecule has 5 N–H and O–H groups in total. The summed E-state index contributed by atoms with van der Waals surface area (Å²) in [5.74, 6) is -1.69. The van der Waals surface area contributed by atoms with Crippen LogP contribution in [0.15, 0.2) is 72.8 Å². The zero-order valence-electron chi connectivity index (χ0n) is 53.3. The van der Waals surface area contributed by atoms with Crippen LogP contribution < -0.4 is 21.8 Å². The third-order valence-corrected chi connectivity index (χ3v) is 14.2. The fraction of sp³-hybridized carbons (Fsp3) is 0.516. The first-order valence-corrected chi connectivity index (χ1v) is 32.6. The molecular weight excluding hydrogens is 1060 g/mol. The second-order valence-electron chi connectivity index (χ2n) is 24.6. The Morgan fingerprint density at radius 1 is 0.663 bits per heavy atom. The van der Waals surface area contributed by atoms with Gasteiger partial charge in [0.2, 0.25) is 0 Å². The van der Waals surface area contributed by atoms with Crippen molar-refractivity contribution in [3.8, 4) is 12.3 Å². The minimum atomic E-state index is -1.90. The van der Waals surface area contributed by atoms with E-state index in [1.165, 1.54) is 110 Å². The fourth-order valence-corrected chi connectivity index (χ4v) is 9.16. The second kappa shape index (κ2) is 35.0. The molecule has 0 aliphatic carbocycles. The van der Waals surface area contributed by atoms with Gasteiger partial charge in [0.1, 0.15) is 6.29 Å². The van der Waals surface area contributed by atoms with Crippen LogP contribution in [-0.4, -0.2) is 119 Å². The predicted octanol–water partition coefficient (Wildman–Crippen LogP) is 10.6. The van der Waals surface area contributed by atoms with E-state index in [2.05, 4.69) is 50.8 Å². The first kappa shape index (κ1) is 74.6. The van der Waals surface area contributed by atoms with E-state index in [-0.39, 0.29) is 34.5 Å². The van der Waals surface area contributed by atoms with E-state index in [9.17, 15) is 39.0 Å². The maximum absolute atomic E-state index is 13.2. The molecule has 5 rings (SSSR count). The van der Waals surface area contributed by atoms with Gasteiger partial charge in [0, 0.05) is 40.1 Å². The van der Waals surface area contributed by atoms with Gasteiger partial charge >= 0.3 is 14.2 Å². The number of nitrogens with zero attached hydrogens (tertiary/aromatic N) is 5. The van der Waals surface area contributed by atoms with Crippen molar-refractivity contribution >= 4 is 63.2 Å². The van der Waals surface area contributed by atoms with Gasteiger partial charge < -0.3 is 24.2 Å². The van der Waals surface area contributed by atoms with E-state index >= 15 is 0 Å². The molecule has 452 valence electrons. The van der Waals surface area contributed by atoms with Crippen LogP contribution in [0.1, 0.15) is 213 Å². The summed E-state index contributed by atoms with van der Waals surface area (Å²) >= 11 is 0. The normalized spacial score (nSPS) is 12.6. The minimum absolute atomic E-state index is 0.0653. The molecule has 4 amide bonds. The molecule has 1 aliphatic rings. The van der Waals surface area contributed by atoms with Crippen molar-refractivity contribution in [3.05, 3.63) is 128 Å². The Balaban J connectivity index is 0.000000601. The van der Waals surface area contributed by atoms with Crippen molar-refractivity contribution in [3.63, 3.8) is 0 Å². The number of nitriles is 2. The lowest BCUT2D eigenvalue weighted by Crippen LogP contribution is -2.56. The highest BCUT2D eigenvalue weighted by Crippen LogP contribution is 2.25. The van der Waals surface area contributed by atoms with Crippen LogP contribution in [0.25, 0.3) is 0 Å². The molecule has 0 aromatic heterocycles. The highest BCUT2D eigenvalue weighted by Gasteiger charge is 2.35. The summed E-state index contributed by atoms with van der Waals surface area (Å²) in [4.78, 5) is 63.1. The minimum Gasteiger partial charge on any atom is -0.423 e. The molecule has 1 aliphatic heterocycles. The van der Waals surface area contributed by atoms with Crippen LogP contribution in [0.4, 0.5) is 0 Å². The van der Waals surface area contributed by atoms with Crippen molar-refractivity contribution in [1.29, 1.82) is 10.5 Å². The van der Waals surface area contributed by atoms with Gasteiger partial charge in [-0.25, -0.2) is 20.5 Å². The van der Waals surface area contributed by atoms with Gasteiger partial charge in [-0.05, 0) is 167 Å². The smallest absolute Gasteiger partial charge is 0.423 e.